The molecule has 0 saturated carbocycles. The van der Waals surface area contributed by atoms with Gasteiger partial charge < -0.3 is 9.47 Å². The molecule has 3 rings (SSSR count). The molecule has 0 N–H and O–H groups in total. The molecular weight excluding hydrogens is 250 g/mol. The summed E-state index contributed by atoms with van der Waals surface area (Å²) < 4.78 is 1.81. The van der Waals surface area contributed by atoms with Gasteiger partial charge in [0.05, 0.1) is 6.33 Å². The predicted molar refractivity (Wildman–Crippen MR) is 77.4 cm³/mol. The lowest BCUT2D eigenvalue weighted by Gasteiger charge is -2.15. The second-order valence-electron chi connectivity index (χ2n) is 5.52. The number of hydrogen-bond donors (Lipinski definition) is 0. The van der Waals surface area contributed by atoms with Gasteiger partial charge in [-0.2, -0.15) is 0 Å². The second kappa shape index (κ2) is 5.49. The van der Waals surface area contributed by atoms with Crippen molar-refractivity contribution in [3.8, 4) is 0 Å². The summed E-state index contributed by atoms with van der Waals surface area (Å²) in [7, 11) is 1.88. The van der Waals surface area contributed by atoms with E-state index in [1.165, 1.54) is 5.56 Å². The summed E-state index contributed by atoms with van der Waals surface area (Å²) >= 11 is 0. The van der Waals surface area contributed by atoms with Crippen molar-refractivity contribution in [2.45, 2.75) is 12.8 Å². The van der Waals surface area contributed by atoms with Gasteiger partial charge in [-0.05, 0) is 24.3 Å². The monoisotopic (exact) mass is 269 g/mol. The van der Waals surface area contributed by atoms with Gasteiger partial charge in [-0.15, -0.1) is 0 Å². The zero-order valence-corrected chi connectivity index (χ0v) is 11.7. The molecule has 1 aliphatic heterocycles. The Hall–Kier alpha value is -2.10. The highest BCUT2D eigenvalue weighted by molar-refractivity contribution is 5.92. The molecule has 1 aliphatic rings. The number of nitrogens with zero attached hydrogens (tertiary/aromatic N) is 3. The van der Waals surface area contributed by atoms with Crippen LogP contribution in [-0.2, 0) is 13.5 Å². The van der Waals surface area contributed by atoms with E-state index < -0.39 is 0 Å². The summed E-state index contributed by atoms with van der Waals surface area (Å²) in [4.78, 5) is 18.4. The van der Waals surface area contributed by atoms with E-state index in [2.05, 4.69) is 29.2 Å². The maximum Gasteiger partial charge on any atom is 0.274 e. The lowest BCUT2D eigenvalue weighted by molar-refractivity contribution is 0.0781. The average Bonchev–Trinajstić information content (AvgIpc) is 3.08. The van der Waals surface area contributed by atoms with Crippen molar-refractivity contribution in [3.63, 3.8) is 0 Å². The molecule has 0 aliphatic carbocycles. The van der Waals surface area contributed by atoms with E-state index >= 15 is 0 Å². The molecule has 4 nitrogen and oxygen atoms in total. The number of amides is 1. The van der Waals surface area contributed by atoms with Crippen molar-refractivity contribution in [3.05, 3.63) is 54.1 Å². The Morgan fingerprint density at radius 3 is 2.85 bits per heavy atom. The number of aromatic nitrogens is 2. The molecule has 1 saturated heterocycles. The fourth-order valence-corrected chi connectivity index (χ4v) is 2.82. The van der Waals surface area contributed by atoms with Gasteiger partial charge in [-0.3, -0.25) is 4.79 Å². The van der Waals surface area contributed by atoms with E-state index in [4.69, 9.17) is 0 Å². The summed E-state index contributed by atoms with van der Waals surface area (Å²) in [5.41, 5.74) is 1.90. The molecule has 1 aromatic heterocycles. The van der Waals surface area contributed by atoms with Crippen LogP contribution in [0.5, 0.6) is 0 Å². The van der Waals surface area contributed by atoms with Gasteiger partial charge in [-0.1, -0.05) is 30.3 Å². The Bertz CT molecular complexity index is 591. The van der Waals surface area contributed by atoms with Crippen LogP contribution in [0.15, 0.2) is 42.9 Å². The number of imidazole rings is 1. The fraction of sp³-hybridized carbons (Fsp3) is 0.375. The molecule has 20 heavy (non-hydrogen) atoms. The van der Waals surface area contributed by atoms with Crippen molar-refractivity contribution in [1.82, 2.24) is 14.5 Å². The third-order valence-electron chi connectivity index (χ3n) is 3.86. The maximum atomic E-state index is 12.3. The summed E-state index contributed by atoms with van der Waals surface area (Å²) in [6.45, 7) is 1.68. The Morgan fingerprint density at radius 2 is 2.15 bits per heavy atom. The minimum absolute atomic E-state index is 0.0566. The third kappa shape index (κ3) is 2.74. The molecule has 2 heterocycles. The Kier molecular flexibility index (Phi) is 3.54. The van der Waals surface area contributed by atoms with Crippen LogP contribution >= 0.6 is 0 Å². The first-order valence-corrected chi connectivity index (χ1v) is 7.03. The SMILES string of the molecule is Cn1cnc(C(=O)N2CCC(Cc3ccccc3)C2)c1. The zero-order valence-electron chi connectivity index (χ0n) is 11.7. The van der Waals surface area contributed by atoms with Crippen molar-refractivity contribution in [2.75, 3.05) is 13.1 Å². The summed E-state index contributed by atoms with van der Waals surface area (Å²) in [5.74, 6) is 0.617. The van der Waals surface area contributed by atoms with Gasteiger partial charge in [0.15, 0.2) is 0 Å². The first-order chi connectivity index (χ1) is 9.72. The van der Waals surface area contributed by atoms with E-state index in [1.54, 1.807) is 12.5 Å². The molecule has 1 amide bonds. The quantitative estimate of drug-likeness (QED) is 0.856. The van der Waals surface area contributed by atoms with Crippen molar-refractivity contribution < 1.29 is 4.79 Å². The molecule has 1 atom stereocenters. The van der Waals surface area contributed by atoms with Crippen LogP contribution in [0, 0.1) is 5.92 Å². The first kappa shape index (κ1) is 12.9. The fourth-order valence-electron chi connectivity index (χ4n) is 2.82. The normalized spacial score (nSPS) is 18.4. The van der Waals surface area contributed by atoms with Crippen LogP contribution in [0.25, 0.3) is 0 Å². The van der Waals surface area contributed by atoms with Crippen LogP contribution in [0.4, 0.5) is 0 Å². The highest BCUT2D eigenvalue weighted by atomic mass is 16.2. The van der Waals surface area contributed by atoms with E-state index in [0.29, 0.717) is 11.6 Å². The number of benzene rings is 1. The smallest absolute Gasteiger partial charge is 0.274 e. The standard InChI is InChI=1S/C16H19N3O/c1-18-11-15(17-12-18)16(20)19-8-7-14(10-19)9-13-5-3-2-4-6-13/h2-6,11-12,14H,7-10H2,1H3. The van der Waals surface area contributed by atoms with Gasteiger partial charge >= 0.3 is 0 Å². The average molecular weight is 269 g/mol. The molecule has 4 heteroatoms. The Morgan fingerprint density at radius 1 is 1.35 bits per heavy atom. The van der Waals surface area contributed by atoms with Crippen LogP contribution in [0.2, 0.25) is 0 Å². The number of aryl methyl sites for hydroxylation is 1. The molecule has 0 radical (unpaired) electrons. The van der Waals surface area contributed by atoms with Crippen molar-refractivity contribution >= 4 is 5.91 Å². The number of hydrogen-bond acceptors (Lipinski definition) is 2. The van der Waals surface area contributed by atoms with Crippen LogP contribution in [0.1, 0.15) is 22.5 Å². The van der Waals surface area contributed by atoms with E-state index in [-0.39, 0.29) is 5.91 Å². The first-order valence-electron chi connectivity index (χ1n) is 7.03. The van der Waals surface area contributed by atoms with E-state index in [0.717, 1.165) is 25.9 Å². The number of likely N-dealkylation sites (tertiary alicyclic amines) is 1. The van der Waals surface area contributed by atoms with Gasteiger partial charge in [0.25, 0.3) is 5.91 Å². The summed E-state index contributed by atoms with van der Waals surface area (Å²) in [5, 5.41) is 0. The molecule has 0 bridgehead atoms. The summed E-state index contributed by atoms with van der Waals surface area (Å²) in [6.07, 6.45) is 5.58. The highest BCUT2D eigenvalue weighted by Gasteiger charge is 2.27. The Balaban J connectivity index is 1.61. The molecule has 1 fully saturated rings. The van der Waals surface area contributed by atoms with Crippen LogP contribution < -0.4 is 0 Å². The van der Waals surface area contributed by atoms with Gasteiger partial charge in [-0.25, -0.2) is 4.98 Å². The van der Waals surface area contributed by atoms with Crippen LogP contribution in [-0.4, -0.2) is 33.4 Å². The van der Waals surface area contributed by atoms with Gasteiger partial charge in [0, 0.05) is 26.3 Å². The molecule has 1 unspecified atom stereocenters. The minimum Gasteiger partial charge on any atom is -0.340 e. The molecule has 1 aromatic carbocycles. The lowest BCUT2D eigenvalue weighted by atomic mass is 9.99. The van der Waals surface area contributed by atoms with Gasteiger partial charge in [0.1, 0.15) is 5.69 Å². The zero-order chi connectivity index (χ0) is 13.9. The van der Waals surface area contributed by atoms with Crippen LogP contribution in [0.3, 0.4) is 0 Å². The number of carbonyl (C=O) groups excluding carboxylic acids is 1. The van der Waals surface area contributed by atoms with E-state index in [9.17, 15) is 4.79 Å². The molecular formula is C16H19N3O. The second-order valence-corrected chi connectivity index (χ2v) is 5.52. The largest absolute Gasteiger partial charge is 0.340 e. The minimum atomic E-state index is 0.0566. The highest BCUT2D eigenvalue weighted by Crippen LogP contribution is 2.22. The Labute approximate surface area is 119 Å². The molecule has 2 aromatic rings. The number of rotatable bonds is 3. The third-order valence-corrected chi connectivity index (χ3v) is 3.86. The topological polar surface area (TPSA) is 38.1 Å². The van der Waals surface area contributed by atoms with E-state index in [1.807, 2.05) is 22.6 Å². The lowest BCUT2D eigenvalue weighted by Crippen LogP contribution is -2.29. The molecule has 104 valence electrons. The van der Waals surface area contributed by atoms with Gasteiger partial charge in [0.2, 0.25) is 0 Å². The molecule has 0 spiro atoms. The predicted octanol–water partition coefficient (Wildman–Crippen LogP) is 2.12. The van der Waals surface area contributed by atoms with Crippen molar-refractivity contribution in [2.24, 2.45) is 13.0 Å². The maximum absolute atomic E-state index is 12.3. The summed E-state index contributed by atoms with van der Waals surface area (Å²) in [6, 6.07) is 10.5. The van der Waals surface area contributed by atoms with Crippen molar-refractivity contribution in [1.29, 1.82) is 0 Å². The number of carbonyl (C=O) groups is 1.